The van der Waals surface area contributed by atoms with Crippen molar-refractivity contribution in [3.8, 4) is 22.5 Å². The molecule has 3 N–H and O–H groups in total. The smallest absolute Gasteiger partial charge is 0.451 e. The number of carbonyl (C=O) groups is 2. The molecule has 0 radical (unpaired) electrons. The number of alkyl halides is 3. The molecule has 1 aliphatic carbocycles. The number of hydrogen-bond donors (Lipinski definition) is 3. The molecule has 214 valence electrons. The van der Waals surface area contributed by atoms with Gasteiger partial charge in [0.25, 0.3) is 11.8 Å². The molecule has 11 heteroatoms. The molecule has 0 bridgehead atoms. The largest absolute Gasteiger partial charge is 0.455 e. The van der Waals surface area contributed by atoms with E-state index in [2.05, 4.69) is 25.8 Å². The summed E-state index contributed by atoms with van der Waals surface area (Å²) < 4.78 is 45.2. The second kappa shape index (κ2) is 9.86. The lowest BCUT2D eigenvalue weighted by atomic mass is 9.95. The lowest BCUT2D eigenvalue weighted by Gasteiger charge is -2.16. The normalized spacial score (nSPS) is 14.1. The first-order valence-electron chi connectivity index (χ1n) is 13.3. The first kappa shape index (κ1) is 27.3. The van der Waals surface area contributed by atoms with E-state index in [0.717, 1.165) is 27.8 Å². The van der Waals surface area contributed by atoms with E-state index in [4.69, 9.17) is 4.42 Å². The van der Waals surface area contributed by atoms with Crippen LogP contribution in [0.15, 0.2) is 65.1 Å². The predicted octanol–water partition coefficient (Wildman–Crippen LogP) is 6.30. The first-order valence-corrected chi connectivity index (χ1v) is 13.3. The Bertz CT molecular complexity index is 1850. The SMILES string of the molecule is CNC(=O)c1c(-c2ccc(C)cc2)oc2ccc(-c3cc(C(=O)NC4(c5nnc(C(F)(F)F)[nH]5)CC4)ccc3C)cc12. The third-order valence-corrected chi connectivity index (χ3v) is 7.58. The van der Waals surface area contributed by atoms with Crippen LogP contribution in [0.4, 0.5) is 13.2 Å². The summed E-state index contributed by atoms with van der Waals surface area (Å²) in [6, 6.07) is 18.4. The number of carbonyl (C=O) groups excluding carboxylic acids is 2. The number of hydrogen-bond acceptors (Lipinski definition) is 5. The van der Waals surface area contributed by atoms with E-state index in [9.17, 15) is 22.8 Å². The number of aromatic amines is 1. The Hall–Kier alpha value is -4.93. The summed E-state index contributed by atoms with van der Waals surface area (Å²) in [4.78, 5) is 28.5. The molecule has 8 nitrogen and oxygen atoms in total. The summed E-state index contributed by atoms with van der Waals surface area (Å²) in [6.07, 6.45) is -3.79. The van der Waals surface area contributed by atoms with Gasteiger partial charge in [0.15, 0.2) is 5.82 Å². The Balaban J connectivity index is 1.35. The van der Waals surface area contributed by atoms with E-state index in [1.165, 1.54) is 0 Å². The van der Waals surface area contributed by atoms with Crippen molar-refractivity contribution in [1.82, 2.24) is 25.8 Å². The summed E-state index contributed by atoms with van der Waals surface area (Å²) in [5.74, 6) is -1.50. The van der Waals surface area contributed by atoms with Crippen LogP contribution in [0.3, 0.4) is 0 Å². The van der Waals surface area contributed by atoms with Gasteiger partial charge in [0, 0.05) is 23.6 Å². The van der Waals surface area contributed by atoms with Gasteiger partial charge in [0.1, 0.15) is 16.9 Å². The number of aryl methyl sites for hydroxylation is 2. The van der Waals surface area contributed by atoms with Crippen molar-refractivity contribution >= 4 is 22.8 Å². The standard InChI is InChI=1S/C31H26F3N5O3/c1-16-4-7-18(8-5-16)25-24(27(41)35-3)22-14-19(10-11-23(22)42-25)21-15-20(9-6-17(21)2)26(40)37-30(12-13-30)28-36-29(39-38-28)31(32,33)34/h4-11,14-15H,12-13H2,1-3H3,(H,35,41)(H,37,40)(H,36,38,39). The molecular formula is C31H26F3N5O3. The minimum absolute atomic E-state index is 0.0213. The number of H-pyrrole nitrogens is 1. The fraction of sp³-hybridized carbons (Fsp3) is 0.226. The van der Waals surface area contributed by atoms with Gasteiger partial charge in [-0.3, -0.25) is 9.59 Å². The molecule has 0 aliphatic heterocycles. The van der Waals surface area contributed by atoms with Gasteiger partial charge in [-0.1, -0.05) is 42.0 Å². The van der Waals surface area contributed by atoms with Crippen molar-refractivity contribution in [2.24, 2.45) is 0 Å². The second-order valence-corrected chi connectivity index (χ2v) is 10.5. The number of aromatic nitrogens is 3. The van der Waals surface area contributed by atoms with Crippen molar-refractivity contribution in [2.45, 2.75) is 38.4 Å². The quantitative estimate of drug-likeness (QED) is 0.221. The molecule has 0 spiro atoms. The second-order valence-electron chi connectivity index (χ2n) is 10.5. The Morgan fingerprint density at radius 2 is 1.64 bits per heavy atom. The summed E-state index contributed by atoms with van der Waals surface area (Å²) in [6.45, 7) is 3.89. The molecule has 0 atom stereocenters. The van der Waals surface area contributed by atoms with E-state index >= 15 is 0 Å². The number of fused-ring (bicyclic) bond motifs is 1. The van der Waals surface area contributed by atoms with E-state index in [0.29, 0.717) is 40.7 Å². The van der Waals surface area contributed by atoms with Crippen LogP contribution >= 0.6 is 0 Å². The summed E-state index contributed by atoms with van der Waals surface area (Å²) in [5, 5.41) is 13.0. The Morgan fingerprint density at radius 1 is 0.929 bits per heavy atom. The zero-order valence-corrected chi connectivity index (χ0v) is 22.9. The number of halogens is 3. The third-order valence-electron chi connectivity index (χ3n) is 7.58. The zero-order chi connectivity index (χ0) is 29.8. The van der Waals surface area contributed by atoms with Gasteiger partial charge in [-0.15, -0.1) is 10.2 Å². The third kappa shape index (κ3) is 4.80. The molecule has 42 heavy (non-hydrogen) atoms. The Kier molecular flexibility index (Phi) is 6.40. The number of nitrogens with zero attached hydrogens (tertiary/aromatic N) is 2. The summed E-state index contributed by atoms with van der Waals surface area (Å²) in [5.41, 5.74) is 4.52. The highest BCUT2D eigenvalue weighted by Crippen LogP contribution is 2.45. The van der Waals surface area contributed by atoms with E-state index in [1.54, 1.807) is 31.3 Å². The fourth-order valence-corrected chi connectivity index (χ4v) is 5.04. The van der Waals surface area contributed by atoms with E-state index in [-0.39, 0.29) is 11.7 Å². The Labute approximate surface area is 238 Å². The van der Waals surface area contributed by atoms with Crippen LogP contribution in [-0.4, -0.2) is 34.0 Å². The molecule has 0 saturated heterocycles. The molecule has 2 heterocycles. The maximum atomic E-state index is 13.3. The number of benzene rings is 3. The molecule has 1 aliphatic rings. The average molecular weight is 574 g/mol. The molecule has 1 saturated carbocycles. The summed E-state index contributed by atoms with van der Waals surface area (Å²) in [7, 11) is 1.56. The fourth-order valence-electron chi connectivity index (χ4n) is 5.04. The monoisotopic (exact) mass is 573 g/mol. The molecule has 6 rings (SSSR count). The number of rotatable bonds is 6. The maximum absolute atomic E-state index is 13.3. The van der Waals surface area contributed by atoms with Gasteiger partial charge in [0.05, 0.1) is 5.56 Å². The molecular weight excluding hydrogens is 547 g/mol. The van der Waals surface area contributed by atoms with Gasteiger partial charge < -0.3 is 20.0 Å². The predicted molar refractivity (Wildman–Crippen MR) is 150 cm³/mol. The molecule has 2 amide bonds. The topological polar surface area (TPSA) is 113 Å². The van der Waals surface area contributed by atoms with E-state index < -0.39 is 23.4 Å². The van der Waals surface area contributed by atoms with Crippen LogP contribution in [0.2, 0.25) is 0 Å². The number of amides is 2. The molecule has 5 aromatic rings. The van der Waals surface area contributed by atoms with Gasteiger partial charge >= 0.3 is 6.18 Å². The van der Waals surface area contributed by atoms with Gasteiger partial charge in [-0.2, -0.15) is 13.2 Å². The molecule has 0 unspecified atom stereocenters. The lowest BCUT2D eigenvalue weighted by Crippen LogP contribution is -2.35. The van der Waals surface area contributed by atoms with Crippen LogP contribution in [0.1, 0.15) is 56.3 Å². The van der Waals surface area contributed by atoms with Crippen molar-refractivity contribution in [1.29, 1.82) is 0 Å². The zero-order valence-electron chi connectivity index (χ0n) is 22.9. The lowest BCUT2D eigenvalue weighted by molar-refractivity contribution is -0.144. The van der Waals surface area contributed by atoms with E-state index in [1.807, 2.05) is 50.2 Å². The average Bonchev–Trinajstić information content (AvgIpc) is 3.38. The van der Waals surface area contributed by atoms with Gasteiger partial charge in [0.2, 0.25) is 5.82 Å². The van der Waals surface area contributed by atoms with Crippen molar-refractivity contribution < 1.29 is 27.2 Å². The van der Waals surface area contributed by atoms with Crippen LogP contribution in [0, 0.1) is 13.8 Å². The van der Waals surface area contributed by atoms with Crippen LogP contribution in [0.25, 0.3) is 33.4 Å². The number of nitrogens with one attached hydrogen (secondary N) is 3. The first-order chi connectivity index (χ1) is 20.0. The minimum Gasteiger partial charge on any atom is -0.455 e. The molecule has 1 fully saturated rings. The van der Waals surface area contributed by atoms with Crippen molar-refractivity contribution in [3.05, 3.63) is 94.6 Å². The van der Waals surface area contributed by atoms with Crippen LogP contribution in [-0.2, 0) is 11.7 Å². The minimum atomic E-state index is -4.66. The highest BCUT2D eigenvalue weighted by molar-refractivity contribution is 6.12. The Morgan fingerprint density at radius 3 is 2.29 bits per heavy atom. The maximum Gasteiger partial charge on any atom is 0.451 e. The van der Waals surface area contributed by atoms with Crippen molar-refractivity contribution in [2.75, 3.05) is 7.05 Å². The highest BCUT2D eigenvalue weighted by Gasteiger charge is 2.50. The van der Waals surface area contributed by atoms with Gasteiger partial charge in [-0.05, 0) is 67.6 Å². The van der Waals surface area contributed by atoms with Gasteiger partial charge in [-0.25, -0.2) is 0 Å². The molecule has 2 aromatic heterocycles. The van der Waals surface area contributed by atoms with Crippen LogP contribution < -0.4 is 10.6 Å². The highest BCUT2D eigenvalue weighted by atomic mass is 19.4. The number of furan rings is 1. The summed E-state index contributed by atoms with van der Waals surface area (Å²) >= 11 is 0. The molecule has 3 aromatic carbocycles. The van der Waals surface area contributed by atoms with Crippen LogP contribution in [0.5, 0.6) is 0 Å². The van der Waals surface area contributed by atoms with Crippen molar-refractivity contribution in [3.63, 3.8) is 0 Å².